The number of pyridine rings is 1. The second kappa shape index (κ2) is 5.29. The van der Waals surface area contributed by atoms with E-state index in [0.717, 1.165) is 6.26 Å². The van der Waals surface area contributed by atoms with E-state index in [9.17, 15) is 8.42 Å². The molecule has 0 radical (unpaired) electrons. The van der Waals surface area contributed by atoms with Gasteiger partial charge < -0.3 is 5.32 Å². The molecule has 0 fully saturated rings. The first-order valence-corrected chi connectivity index (χ1v) is 7.95. The van der Waals surface area contributed by atoms with Crippen molar-refractivity contribution in [2.45, 2.75) is 19.4 Å². The Morgan fingerprint density at radius 2 is 1.90 bits per heavy atom. The Balaban J connectivity index is 2.09. The van der Waals surface area contributed by atoms with Crippen molar-refractivity contribution in [3.05, 3.63) is 24.5 Å². The molecule has 0 aliphatic rings. The molecule has 108 valence electrons. The van der Waals surface area contributed by atoms with E-state index in [2.05, 4.69) is 25.0 Å². The van der Waals surface area contributed by atoms with Crippen LogP contribution in [0.2, 0.25) is 0 Å². The summed E-state index contributed by atoms with van der Waals surface area (Å²) in [5, 5.41) is 3.09. The maximum Gasteiger partial charge on any atom is 0.209 e. The van der Waals surface area contributed by atoms with Gasteiger partial charge in [-0.2, -0.15) is 0 Å². The molecule has 2 rings (SSSR count). The molecule has 0 atom stereocenters. The number of rotatable bonds is 5. The largest absolute Gasteiger partial charge is 0.368 e. The van der Waals surface area contributed by atoms with Crippen LogP contribution in [0, 0.1) is 0 Å². The standard InChI is InChI=1S/C12H17N5O2S/c1-12(2,17-20(3,18)19)8-15-10-5-4-9-11(16-10)14-7-6-13-9/h4-7,17H,8H2,1-3H3,(H,14,15,16). The topological polar surface area (TPSA) is 96.9 Å². The van der Waals surface area contributed by atoms with Crippen molar-refractivity contribution in [2.75, 3.05) is 18.1 Å². The van der Waals surface area contributed by atoms with Crippen LogP contribution < -0.4 is 10.0 Å². The van der Waals surface area contributed by atoms with Gasteiger partial charge in [0.15, 0.2) is 5.65 Å². The van der Waals surface area contributed by atoms with Gasteiger partial charge >= 0.3 is 0 Å². The van der Waals surface area contributed by atoms with Gasteiger partial charge in [0.1, 0.15) is 11.3 Å². The van der Waals surface area contributed by atoms with Crippen LogP contribution in [0.5, 0.6) is 0 Å². The van der Waals surface area contributed by atoms with Crippen molar-refractivity contribution in [1.29, 1.82) is 0 Å². The van der Waals surface area contributed by atoms with Gasteiger partial charge in [0, 0.05) is 24.5 Å². The molecule has 0 saturated carbocycles. The monoisotopic (exact) mass is 295 g/mol. The Morgan fingerprint density at radius 1 is 1.20 bits per heavy atom. The summed E-state index contributed by atoms with van der Waals surface area (Å²) >= 11 is 0. The smallest absolute Gasteiger partial charge is 0.209 e. The predicted molar refractivity (Wildman–Crippen MR) is 77.9 cm³/mol. The molecule has 0 spiro atoms. The molecule has 0 aliphatic carbocycles. The molecule has 2 aromatic heterocycles. The van der Waals surface area contributed by atoms with Gasteiger partial charge in [-0.05, 0) is 26.0 Å². The van der Waals surface area contributed by atoms with Crippen molar-refractivity contribution in [1.82, 2.24) is 19.7 Å². The summed E-state index contributed by atoms with van der Waals surface area (Å²) in [5.74, 6) is 0.626. The second-order valence-corrected chi connectivity index (χ2v) is 6.96. The van der Waals surface area contributed by atoms with Crippen molar-refractivity contribution >= 4 is 27.0 Å². The van der Waals surface area contributed by atoms with Crippen molar-refractivity contribution in [3.63, 3.8) is 0 Å². The van der Waals surface area contributed by atoms with Crippen molar-refractivity contribution in [3.8, 4) is 0 Å². The summed E-state index contributed by atoms with van der Waals surface area (Å²) < 4.78 is 25.1. The van der Waals surface area contributed by atoms with Gasteiger partial charge in [0.25, 0.3) is 0 Å². The number of nitrogens with zero attached hydrogens (tertiary/aromatic N) is 3. The lowest BCUT2D eigenvalue weighted by atomic mass is 10.1. The molecule has 0 aromatic carbocycles. The molecule has 2 aromatic rings. The molecular weight excluding hydrogens is 278 g/mol. The molecule has 20 heavy (non-hydrogen) atoms. The number of sulfonamides is 1. The van der Waals surface area contributed by atoms with E-state index >= 15 is 0 Å². The van der Waals surface area contributed by atoms with Gasteiger partial charge in [-0.1, -0.05) is 0 Å². The minimum atomic E-state index is -3.25. The zero-order chi connectivity index (χ0) is 14.8. The zero-order valence-corrected chi connectivity index (χ0v) is 12.4. The molecule has 0 aliphatic heterocycles. The van der Waals surface area contributed by atoms with Crippen LogP contribution in [0.4, 0.5) is 5.82 Å². The van der Waals surface area contributed by atoms with Gasteiger partial charge in [0.05, 0.1) is 6.26 Å². The highest BCUT2D eigenvalue weighted by Crippen LogP contribution is 2.12. The fourth-order valence-electron chi connectivity index (χ4n) is 1.80. The Labute approximate surface area is 117 Å². The zero-order valence-electron chi connectivity index (χ0n) is 11.6. The van der Waals surface area contributed by atoms with E-state index in [0.29, 0.717) is 23.5 Å². The lowest BCUT2D eigenvalue weighted by molar-refractivity contribution is 0.476. The number of aromatic nitrogens is 3. The Morgan fingerprint density at radius 3 is 2.60 bits per heavy atom. The first-order valence-electron chi connectivity index (χ1n) is 6.06. The first-order chi connectivity index (χ1) is 9.25. The van der Waals surface area contributed by atoms with Crippen LogP contribution >= 0.6 is 0 Å². The van der Waals surface area contributed by atoms with Crippen LogP contribution in [0.15, 0.2) is 24.5 Å². The Bertz CT molecular complexity index is 715. The van der Waals surface area contributed by atoms with Crippen LogP contribution in [0.1, 0.15) is 13.8 Å². The van der Waals surface area contributed by atoms with Gasteiger partial charge in [-0.25, -0.2) is 23.1 Å². The van der Waals surface area contributed by atoms with Crippen LogP contribution in [0.3, 0.4) is 0 Å². The summed E-state index contributed by atoms with van der Waals surface area (Å²) in [6.07, 6.45) is 4.32. The number of fused-ring (bicyclic) bond motifs is 1. The minimum Gasteiger partial charge on any atom is -0.368 e. The Kier molecular flexibility index (Phi) is 3.87. The van der Waals surface area contributed by atoms with E-state index in [1.807, 2.05) is 6.07 Å². The number of hydrogen-bond donors (Lipinski definition) is 2. The quantitative estimate of drug-likeness (QED) is 0.845. The third-order valence-corrected chi connectivity index (χ3v) is 3.43. The van der Waals surface area contributed by atoms with Crippen molar-refractivity contribution in [2.24, 2.45) is 0 Å². The van der Waals surface area contributed by atoms with E-state index in [1.165, 1.54) is 0 Å². The SMILES string of the molecule is CC(C)(CNc1ccc2nccnc2n1)NS(C)(=O)=O. The summed E-state index contributed by atoms with van der Waals surface area (Å²) in [4.78, 5) is 12.6. The molecule has 0 bridgehead atoms. The average molecular weight is 295 g/mol. The number of anilines is 1. The fourth-order valence-corrected chi connectivity index (χ4v) is 2.88. The summed E-state index contributed by atoms with van der Waals surface area (Å²) in [7, 11) is -3.25. The third kappa shape index (κ3) is 4.10. The third-order valence-electron chi connectivity index (χ3n) is 2.50. The van der Waals surface area contributed by atoms with E-state index in [4.69, 9.17) is 0 Å². The highest BCUT2D eigenvalue weighted by Gasteiger charge is 2.21. The minimum absolute atomic E-state index is 0.402. The number of nitrogens with one attached hydrogen (secondary N) is 2. The molecule has 2 heterocycles. The normalized spacial score (nSPS) is 12.6. The first kappa shape index (κ1) is 14.6. The fraction of sp³-hybridized carbons (Fsp3) is 0.417. The highest BCUT2D eigenvalue weighted by molar-refractivity contribution is 7.88. The molecule has 2 N–H and O–H groups in total. The van der Waals surface area contributed by atoms with Crippen LogP contribution in [0.25, 0.3) is 11.2 Å². The molecule has 8 heteroatoms. The predicted octanol–water partition coefficient (Wildman–Crippen LogP) is 0.764. The summed E-state index contributed by atoms with van der Waals surface area (Å²) in [5.41, 5.74) is 0.644. The lowest BCUT2D eigenvalue weighted by Crippen LogP contribution is -2.47. The highest BCUT2D eigenvalue weighted by atomic mass is 32.2. The lowest BCUT2D eigenvalue weighted by Gasteiger charge is -2.25. The number of hydrogen-bond acceptors (Lipinski definition) is 6. The molecule has 0 unspecified atom stereocenters. The van der Waals surface area contributed by atoms with Gasteiger partial charge in [-0.15, -0.1) is 0 Å². The molecule has 0 saturated heterocycles. The maximum atomic E-state index is 11.3. The summed E-state index contributed by atoms with van der Waals surface area (Å²) in [6.45, 7) is 3.99. The molecule has 0 amide bonds. The van der Waals surface area contributed by atoms with E-state index < -0.39 is 15.6 Å². The van der Waals surface area contributed by atoms with Gasteiger partial charge in [0.2, 0.25) is 10.0 Å². The van der Waals surface area contributed by atoms with E-state index in [1.54, 1.807) is 32.3 Å². The van der Waals surface area contributed by atoms with Crippen molar-refractivity contribution < 1.29 is 8.42 Å². The second-order valence-electron chi connectivity index (χ2n) is 5.21. The Hall–Kier alpha value is -1.80. The maximum absolute atomic E-state index is 11.3. The van der Waals surface area contributed by atoms with Crippen LogP contribution in [-0.2, 0) is 10.0 Å². The molecular formula is C12H17N5O2S. The summed E-state index contributed by atoms with van der Waals surface area (Å²) in [6, 6.07) is 3.60. The average Bonchev–Trinajstić information content (AvgIpc) is 2.33. The molecule has 7 nitrogen and oxygen atoms in total. The van der Waals surface area contributed by atoms with Crippen LogP contribution in [-0.4, -0.2) is 41.7 Å². The van der Waals surface area contributed by atoms with E-state index in [-0.39, 0.29) is 0 Å². The van der Waals surface area contributed by atoms with Gasteiger partial charge in [-0.3, -0.25) is 4.98 Å².